The summed E-state index contributed by atoms with van der Waals surface area (Å²) in [5, 5.41) is 15.6. The van der Waals surface area contributed by atoms with Crippen LogP contribution in [0.4, 0.5) is 0 Å². The summed E-state index contributed by atoms with van der Waals surface area (Å²) in [4.78, 5) is 2.17. The summed E-state index contributed by atoms with van der Waals surface area (Å²) in [7, 11) is 1.69. The van der Waals surface area contributed by atoms with Gasteiger partial charge >= 0.3 is 0 Å². The number of methoxy groups -OCH3 is 1. The molecule has 0 spiro atoms. The maximum atomic E-state index is 10.6. The molecule has 1 heterocycles. The molecule has 0 unspecified atom stereocenters. The van der Waals surface area contributed by atoms with Gasteiger partial charge in [0.25, 0.3) is 0 Å². The predicted octanol–water partition coefficient (Wildman–Crippen LogP) is 4.77. The summed E-state index contributed by atoms with van der Waals surface area (Å²) in [6, 6.07) is 18.0. The smallest absolute Gasteiger partial charge is 0.227 e. The van der Waals surface area contributed by atoms with Crippen molar-refractivity contribution in [3.63, 3.8) is 0 Å². The summed E-state index contributed by atoms with van der Waals surface area (Å²) in [6.07, 6.45) is 0.226. The maximum absolute atomic E-state index is 10.6. The Morgan fingerprint density at radius 2 is 1.77 bits per heavy atom. The first-order valence-corrected chi connectivity index (χ1v) is 12.3. The Labute approximate surface area is 209 Å². The van der Waals surface area contributed by atoms with E-state index >= 15 is 0 Å². The Kier molecular flexibility index (Phi) is 10.3. The van der Waals surface area contributed by atoms with Crippen LogP contribution in [0, 0.1) is 6.92 Å². The lowest BCUT2D eigenvalue weighted by Gasteiger charge is -2.25. The third-order valence-electron chi connectivity index (χ3n) is 5.68. The lowest BCUT2D eigenvalue weighted by atomic mass is 10.1. The van der Waals surface area contributed by atoms with Gasteiger partial charge in [-0.25, -0.2) is 4.68 Å². The molecule has 7 heteroatoms. The standard InChI is InChI=1S/C28H39N3O4/c1-6-27-26(19-30(16-17-33-5)18-24(32)20-34-21(2)3)28(35-25-14-12-22(4)13-15-25)31(29-27)23-10-8-7-9-11-23/h7-15,21,24,32H,6,16-20H2,1-5H3/t24-/m1/s1. The van der Waals surface area contributed by atoms with E-state index in [1.54, 1.807) is 7.11 Å². The van der Waals surface area contributed by atoms with E-state index in [1.807, 2.05) is 73.1 Å². The second-order valence-corrected chi connectivity index (χ2v) is 9.01. The molecule has 2 aromatic carbocycles. The van der Waals surface area contributed by atoms with Crippen LogP contribution in [0.5, 0.6) is 11.6 Å². The van der Waals surface area contributed by atoms with Crippen LogP contribution in [0.3, 0.4) is 0 Å². The van der Waals surface area contributed by atoms with E-state index in [2.05, 4.69) is 18.7 Å². The van der Waals surface area contributed by atoms with Crippen molar-refractivity contribution >= 4 is 0 Å². The number of ether oxygens (including phenoxy) is 3. The van der Waals surface area contributed by atoms with Crippen molar-refractivity contribution in [2.24, 2.45) is 0 Å². The number of benzene rings is 2. The minimum atomic E-state index is -0.607. The van der Waals surface area contributed by atoms with Crippen molar-refractivity contribution in [2.45, 2.75) is 52.9 Å². The Bertz CT molecular complexity index is 1020. The number of aryl methyl sites for hydroxylation is 2. The predicted molar refractivity (Wildman–Crippen MR) is 138 cm³/mol. The average Bonchev–Trinajstić information content (AvgIpc) is 3.20. The molecule has 0 bridgehead atoms. The molecule has 35 heavy (non-hydrogen) atoms. The van der Waals surface area contributed by atoms with Crippen molar-refractivity contribution in [3.05, 3.63) is 71.4 Å². The fourth-order valence-electron chi connectivity index (χ4n) is 3.82. The summed E-state index contributed by atoms with van der Waals surface area (Å²) >= 11 is 0. The average molecular weight is 482 g/mol. The molecule has 0 aliphatic carbocycles. The highest BCUT2D eigenvalue weighted by Gasteiger charge is 2.24. The Morgan fingerprint density at radius 3 is 2.40 bits per heavy atom. The molecule has 1 aromatic heterocycles. The molecule has 0 aliphatic heterocycles. The van der Waals surface area contributed by atoms with Gasteiger partial charge in [-0.15, -0.1) is 0 Å². The van der Waals surface area contributed by atoms with Gasteiger partial charge in [-0.3, -0.25) is 4.90 Å². The molecule has 0 saturated carbocycles. The van der Waals surface area contributed by atoms with Crippen molar-refractivity contribution < 1.29 is 19.3 Å². The zero-order valence-corrected chi connectivity index (χ0v) is 21.6. The van der Waals surface area contributed by atoms with Crippen LogP contribution < -0.4 is 4.74 Å². The third-order valence-corrected chi connectivity index (χ3v) is 5.68. The summed E-state index contributed by atoms with van der Waals surface area (Å²) in [5.41, 5.74) is 4.08. The Balaban J connectivity index is 1.96. The number of para-hydroxylation sites is 1. The number of hydrogen-bond acceptors (Lipinski definition) is 6. The highest BCUT2D eigenvalue weighted by Crippen LogP contribution is 2.32. The van der Waals surface area contributed by atoms with E-state index in [-0.39, 0.29) is 12.7 Å². The Hall–Kier alpha value is -2.71. The molecule has 190 valence electrons. The number of rotatable bonds is 14. The second kappa shape index (κ2) is 13.4. The monoisotopic (exact) mass is 481 g/mol. The van der Waals surface area contributed by atoms with Crippen LogP contribution >= 0.6 is 0 Å². The maximum Gasteiger partial charge on any atom is 0.227 e. The molecule has 3 aromatic rings. The van der Waals surface area contributed by atoms with Gasteiger partial charge < -0.3 is 19.3 Å². The van der Waals surface area contributed by atoms with Crippen LogP contribution in [0.15, 0.2) is 54.6 Å². The highest BCUT2D eigenvalue weighted by molar-refractivity contribution is 5.44. The molecule has 0 radical (unpaired) electrons. The largest absolute Gasteiger partial charge is 0.439 e. The molecular formula is C28H39N3O4. The first-order chi connectivity index (χ1) is 16.9. The second-order valence-electron chi connectivity index (χ2n) is 9.01. The SMILES string of the molecule is CCc1nn(-c2ccccc2)c(Oc2ccc(C)cc2)c1CN(CCOC)C[C@@H](O)COC(C)C. The van der Waals surface area contributed by atoms with Crippen LogP contribution in [-0.4, -0.2) is 65.4 Å². The van der Waals surface area contributed by atoms with Crippen LogP contribution in [0.2, 0.25) is 0 Å². The van der Waals surface area contributed by atoms with E-state index in [0.29, 0.717) is 32.1 Å². The normalized spacial score (nSPS) is 12.5. The van der Waals surface area contributed by atoms with Crippen molar-refractivity contribution in [1.82, 2.24) is 14.7 Å². The van der Waals surface area contributed by atoms with Crippen LogP contribution in [0.25, 0.3) is 5.69 Å². The number of nitrogens with zero attached hydrogens (tertiary/aromatic N) is 3. The number of aromatic nitrogens is 2. The van der Waals surface area contributed by atoms with Crippen LogP contribution in [0.1, 0.15) is 37.6 Å². The zero-order valence-electron chi connectivity index (χ0n) is 21.6. The zero-order chi connectivity index (χ0) is 25.2. The van der Waals surface area contributed by atoms with Gasteiger partial charge in [0.05, 0.1) is 42.4 Å². The number of aliphatic hydroxyl groups excluding tert-OH is 1. The van der Waals surface area contributed by atoms with E-state index < -0.39 is 6.10 Å². The molecular weight excluding hydrogens is 442 g/mol. The Morgan fingerprint density at radius 1 is 1.06 bits per heavy atom. The molecule has 3 rings (SSSR count). The molecule has 0 aliphatic rings. The molecule has 1 atom stereocenters. The first-order valence-electron chi connectivity index (χ1n) is 12.3. The van der Waals surface area contributed by atoms with Gasteiger partial charge in [-0.1, -0.05) is 42.8 Å². The lowest BCUT2D eigenvalue weighted by molar-refractivity contribution is -0.0122. The van der Waals surface area contributed by atoms with Crippen molar-refractivity contribution in [1.29, 1.82) is 0 Å². The van der Waals surface area contributed by atoms with Crippen molar-refractivity contribution in [3.8, 4) is 17.3 Å². The van der Waals surface area contributed by atoms with E-state index in [4.69, 9.17) is 19.3 Å². The minimum Gasteiger partial charge on any atom is -0.439 e. The topological polar surface area (TPSA) is 69.0 Å². The van der Waals surface area contributed by atoms with Gasteiger partial charge in [0.15, 0.2) is 0 Å². The fraction of sp³-hybridized carbons (Fsp3) is 0.464. The molecule has 0 fully saturated rings. The van der Waals surface area contributed by atoms with Gasteiger partial charge in [-0.2, -0.15) is 5.10 Å². The summed E-state index contributed by atoms with van der Waals surface area (Å²) in [6.45, 7) is 10.6. The summed E-state index contributed by atoms with van der Waals surface area (Å²) in [5.74, 6) is 1.44. The molecule has 0 amide bonds. The van der Waals surface area contributed by atoms with Gasteiger partial charge in [0.1, 0.15) is 5.75 Å². The van der Waals surface area contributed by atoms with E-state index in [9.17, 15) is 5.11 Å². The fourth-order valence-corrected chi connectivity index (χ4v) is 3.82. The van der Waals surface area contributed by atoms with E-state index in [1.165, 1.54) is 5.56 Å². The quantitative estimate of drug-likeness (QED) is 0.358. The number of aliphatic hydroxyl groups is 1. The van der Waals surface area contributed by atoms with Crippen molar-refractivity contribution in [2.75, 3.05) is 33.4 Å². The lowest BCUT2D eigenvalue weighted by Crippen LogP contribution is -2.37. The molecule has 1 N–H and O–H groups in total. The van der Waals surface area contributed by atoms with Gasteiger partial charge in [0.2, 0.25) is 5.88 Å². The van der Waals surface area contributed by atoms with Gasteiger partial charge in [-0.05, 0) is 51.5 Å². The first kappa shape index (κ1) is 26.9. The van der Waals surface area contributed by atoms with Gasteiger partial charge in [0, 0.05) is 26.7 Å². The number of hydrogen-bond donors (Lipinski definition) is 1. The summed E-state index contributed by atoms with van der Waals surface area (Å²) < 4.78 is 19.3. The minimum absolute atomic E-state index is 0.0717. The van der Waals surface area contributed by atoms with E-state index in [0.717, 1.165) is 29.1 Å². The molecule has 7 nitrogen and oxygen atoms in total. The third kappa shape index (κ3) is 7.90. The van der Waals surface area contributed by atoms with Crippen LogP contribution in [-0.2, 0) is 22.4 Å². The highest BCUT2D eigenvalue weighted by atomic mass is 16.5. The molecule has 0 saturated heterocycles.